The van der Waals surface area contributed by atoms with Crippen molar-refractivity contribution in [2.45, 2.75) is 18.9 Å². The third-order valence-electron chi connectivity index (χ3n) is 2.46. The molecule has 1 heterocycles. The maximum Gasteiger partial charge on any atom is 0.406 e. The van der Waals surface area contributed by atoms with Crippen molar-refractivity contribution >= 4 is 11.7 Å². The number of carbonyl (C=O) groups excluding carboxylic acids is 1. The van der Waals surface area contributed by atoms with Crippen LogP contribution in [0, 0.1) is 10.1 Å². The van der Waals surface area contributed by atoms with Crippen molar-refractivity contribution < 1.29 is 14.5 Å². The smallest absolute Gasteiger partial charge is 0.406 e. The summed E-state index contributed by atoms with van der Waals surface area (Å²) in [5, 5.41) is 10.9. The van der Waals surface area contributed by atoms with E-state index in [-0.39, 0.29) is 23.5 Å². The molecule has 1 fully saturated rings. The molecule has 0 spiro atoms. The van der Waals surface area contributed by atoms with E-state index < -0.39 is 10.7 Å². The summed E-state index contributed by atoms with van der Waals surface area (Å²) in [6.45, 7) is 0. The lowest BCUT2D eigenvalue weighted by Crippen LogP contribution is -2.23. The van der Waals surface area contributed by atoms with Crippen LogP contribution in [-0.4, -0.2) is 40.9 Å². The van der Waals surface area contributed by atoms with Crippen molar-refractivity contribution in [2.24, 2.45) is 0 Å². The molecule has 1 aliphatic carbocycles. The van der Waals surface area contributed by atoms with Gasteiger partial charge in [0.2, 0.25) is 11.4 Å². The van der Waals surface area contributed by atoms with Crippen LogP contribution in [-0.2, 0) is 0 Å². The molecule has 1 aromatic heterocycles. The number of hydrogen-bond acceptors (Lipinski definition) is 5. The highest BCUT2D eigenvalue weighted by molar-refractivity contribution is 5.92. The van der Waals surface area contributed by atoms with Crippen LogP contribution in [0.15, 0.2) is 12.1 Å². The van der Waals surface area contributed by atoms with Crippen LogP contribution < -0.4 is 4.74 Å². The van der Waals surface area contributed by atoms with Crippen molar-refractivity contribution in [3.05, 3.63) is 27.9 Å². The molecule has 96 valence electrons. The van der Waals surface area contributed by atoms with Crippen LogP contribution in [0.25, 0.3) is 0 Å². The maximum atomic E-state index is 11.7. The average Bonchev–Trinajstić information content (AvgIpc) is 3.12. The van der Waals surface area contributed by atoms with Gasteiger partial charge in [0.25, 0.3) is 5.91 Å². The fraction of sp³-hybridized carbons (Fsp3) is 0.455. The van der Waals surface area contributed by atoms with Crippen molar-refractivity contribution in [1.29, 1.82) is 0 Å². The first-order valence-corrected chi connectivity index (χ1v) is 5.53. The van der Waals surface area contributed by atoms with Gasteiger partial charge in [-0.25, -0.2) is 0 Å². The minimum absolute atomic E-state index is 0.0369. The van der Waals surface area contributed by atoms with Gasteiger partial charge in [-0.05, 0) is 34.9 Å². The molecule has 0 bridgehead atoms. The van der Waals surface area contributed by atoms with Gasteiger partial charge in [0.05, 0.1) is 6.10 Å². The third kappa shape index (κ3) is 2.55. The highest BCUT2D eigenvalue weighted by Gasteiger charge is 2.29. The molecule has 0 N–H and O–H groups in total. The molecule has 1 aliphatic rings. The summed E-state index contributed by atoms with van der Waals surface area (Å²) in [7, 11) is 3.12. The van der Waals surface area contributed by atoms with Crippen LogP contribution in [0.1, 0.15) is 23.3 Å². The first kappa shape index (κ1) is 12.3. The second-order valence-corrected chi connectivity index (χ2v) is 4.29. The first-order chi connectivity index (χ1) is 8.49. The minimum Gasteiger partial charge on any atom is -0.482 e. The predicted molar refractivity (Wildman–Crippen MR) is 62.6 cm³/mol. The highest BCUT2D eigenvalue weighted by Crippen LogP contribution is 2.32. The van der Waals surface area contributed by atoms with E-state index in [4.69, 9.17) is 4.74 Å². The van der Waals surface area contributed by atoms with Crippen LogP contribution in [0.2, 0.25) is 0 Å². The van der Waals surface area contributed by atoms with Crippen molar-refractivity contribution in [3.63, 3.8) is 0 Å². The van der Waals surface area contributed by atoms with Gasteiger partial charge in [-0.3, -0.25) is 4.79 Å². The second kappa shape index (κ2) is 4.59. The summed E-state index contributed by atoms with van der Waals surface area (Å²) in [6.07, 6.45) is 1.84. The molecule has 0 aliphatic heterocycles. The lowest BCUT2D eigenvalue weighted by Gasteiger charge is -2.08. The minimum atomic E-state index is -0.635. The van der Waals surface area contributed by atoms with E-state index in [0.717, 1.165) is 12.8 Å². The van der Waals surface area contributed by atoms with E-state index in [1.54, 1.807) is 14.1 Å². The zero-order chi connectivity index (χ0) is 13.3. The molecule has 0 aromatic carbocycles. The Kier molecular flexibility index (Phi) is 3.14. The molecule has 0 unspecified atom stereocenters. The van der Waals surface area contributed by atoms with Crippen LogP contribution in [0.3, 0.4) is 0 Å². The number of amides is 1. The Hall–Kier alpha value is -2.18. The predicted octanol–water partition coefficient (Wildman–Crippen LogP) is 1.23. The van der Waals surface area contributed by atoms with Gasteiger partial charge in [-0.15, -0.1) is 0 Å². The van der Waals surface area contributed by atoms with Crippen LogP contribution in [0.5, 0.6) is 5.75 Å². The lowest BCUT2D eigenvalue weighted by atomic mass is 10.3. The lowest BCUT2D eigenvalue weighted by molar-refractivity contribution is -0.390. The highest BCUT2D eigenvalue weighted by atomic mass is 16.6. The number of carbonyl (C=O) groups is 1. The molecule has 7 nitrogen and oxygen atoms in total. The molecule has 7 heteroatoms. The molecule has 18 heavy (non-hydrogen) atoms. The van der Waals surface area contributed by atoms with Gasteiger partial charge in [-0.2, -0.15) is 0 Å². The molecule has 0 radical (unpaired) electrons. The van der Waals surface area contributed by atoms with E-state index in [9.17, 15) is 14.9 Å². The van der Waals surface area contributed by atoms with Gasteiger partial charge in [0.15, 0.2) is 0 Å². The van der Waals surface area contributed by atoms with Gasteiger partial charge < -0.3 is 19.8 Å². The Labute approximate surface area is 104 Å². The van der Waals surface area contributed by atoms with Gasteiger partial charge in [-0.1, -0.05) is 0 Å². The van der Waals surface area contributed by atoms with E-state index in [2.05, 4.69) is 4.98 Å². The van der Waals surface area contributed by atoms with Gasteiger partial charge in [0.1, 0.15) is 0 Å². The number of ether oxygens (including phenoxy) is 1. The fourth-order valence-corrected chi connectivity index (χ4v) is 1.37. The summed E-state index contributed by atoms with van der Waals surface area (Å²) in [4.78, 5) is 27.0. The molecule has 0 saturated heterocycles. The first-order valence-electron chi connectivity index (χ1n) is 5.53. The average molecular weight is 251 g/mol. The van der Waals surface area contributed by atoms with Crippen molar-refractivity contribution in [3.8, 4) is 5.75 Å². The van der Waals surface area contributed by atoms with E-state index in [1.807, 2.05) is 0 Å². The van der Waals surface area contributed by atoms with E-state index >= 15 is 0 Å². The molecule has 1 amide bonds. The number of nitro groups is 1. The maximum absolute atomic E-state index is 11.7. The Morgan fingerprint density at radius 3 is 2.67 bits per heavy atom. The molecule has 1 aromatic rings. The second-order valence-electron chi connectivity index (χ2n) is 4.29. The van der Waals surface area contributed by atoms with E-state index in [0.29, 0.717) is 0 Å². The number of aromatic nitrogens is 1. The molecular formula is C11H13N3O4. The Balaban J connectivity index is 2.32. The zero-order valence-electron chi connectivity index (χ0n) is 10.1. The third-order valence-corrected chi connectivity index (χ3v) is 2.46. The molecule has 1 saturated carbocycles. The van der Waals surface area contributed by atoms with Crippen LogP contribution >= 0.6 is 0 Å². The monoisotopic (exact) mass is 251 g/mol. The van der Waals surface area contributed by atoms with Gasteiger partial charge in [0, 0.05) is 14.1 Å². The van der Waals surface area contributed by atoms with Crippen molar-refractivity contribution in [1.82, 2.24) is 9.88 Å². The number of pyridine rings is 1. The van der Waals surface area contributed by atoms with Gasteiger partial charge >= 0.3 is 5.82 Å². The quantitative estimate of drug-likeness (QED) is 0.593. The fourth-order valence-electron chi connectivity index (χ4n) is 1.37. The Morgan fingerprint density at radius 2 is 2.17 bits per heavy atom. The van der Waals surface area contributed by atoms with E-state index in [1.165, 1.54) is 17.0 Å². The number of hydrogen-bond donors (Lipinski definition) is 0. The van der Waals surface area contributed by atoms with Crippen molar-refractivity contribution in [2.75, 3.05) is 14.1 Å². The Bertz CT molecular complexity index is 497. The SMILES string of the molecule is CN(C)C(=O)c1ccc(OC2CC2)c([N+](=O)[O-])n1. The normalized spacial score (nSPS) is 14.1. The number of rotatable bonds is 4. The molecule has 0 atom stereocenters. The summed E-state index contributed by atoms with van der Waals surface area (Å²) in [5.74, 6) is -0.663. The molecule has 2 rings (SSSR count). The Morgan fingerprint density at radius 1 is 1.50 bits per heavy atom. The molecular weight excluding hydrogens is 238 g/mol. The summed E-state index contributed by atoms with van der Waals surface area (Å²) >= 11 is 0. The topological polar surface area (TPSA) is 85.6 Å². The summed E-state index contributed by atoms with van der Waals surface area (Å²) in [5.41, 5.74) is 0.0369. The summed E-state index contributed by atoms with van der Waals surface area (Å²) in [6, 6.07) is 2.87. The zero-order valence-corrected chi connectivity index (χ0v) is 10.1. The van der Waals surface area contributed by atoms with Crippen LogP contribution in [0.4, 0.5) is 5.82 Å². The number of nitrogens with zero attached hydrogens (tertiary/aromatic N) is 3. The summed E-state index contributed by atoms with van der Waals surface area (Å²) < 4.78 is 5.38. The largest absolute Gasteiger partial charge is 0.482 e. The standard InChI is InChI=1S/C11H13N3O4/c1-13(2)11(15)8-5-6-9(18-7-3-4-7)10(12-8)14(16)17/h5-7H,3-4H2,1-2H3.